The average Bonchev–Trinajstić information content (AvgIpc) is 3.17. The van der Waals surface area contributed by atoms with Gasteiger partial charge in [-0.2, -0.15) is 4.98 Å². The number of hydrogen-bond donors (Lipinski definition) is 1. The Balaban J connectivity index is 1.42. The molecule has 2 aliphatic rings. The first kappa shape index (κ1) is 18.0. The summed E-state index contributed by atoms with van der Waals surface area (Å²) in [7, 11) is 0. The first-order chi connectivity index (χ1) is 14.1. The standard InChI is InChI=1S/C21H14Cl2N4O2/c22-16-5-2-6-17(23)18(16)27-11-29-19-15(20(27)28)10-24-21(26-19)25-14-8-7-12-3-1-4-13(12)9-14/h1-2,4-10H,3,11H2,(H,24,25,26). The molecule has 6 nitrogen and oxygen atoms in total. The number of carbonyl (C=O) groups is 1. The molecule has 0 saturated carbocycles. The number of benzene rings is 2. The van der Waals surface area contributed by atoms with Crippen molar-refractivity contribution in [3.63, 3.8) is 0 Å². The number of carbonyl (C=O) groups excluding carboxylic acids is 1. The number of ether oxygens (including phenoxy) is 1. The maximum atomic E-state index is 12.9. The van der Waals surface area contributed by atoms with E-state index < -0.39 is 0 Å². The second-order valence-electron chi connectivity index (χ2n) is 6.63. The third-order valence-electron chi connectivity index (χ3n) is 4.80. The Kier molecular flexibility index (Phi) is 4.38. The molecule has 1 aromatic heterocycles. The third kappa shape index (κ3) is 3.20. The van der Waals surface area contributed by atoms with E-state index in [1.807, 2.05) is 12.1 Å². The maximum Gasteiger partial charge on any atom is 0.268 e. The second kappa shape index (κ2) is 7.06. The molecule has 0 unspecified atom stereocenters. The molecule has 2 heterocycles. The molecule has 1 aliphatic carbocycles. The molecule has 29 heavy (non-hydrogen) atoms. The molecule has 1 aliphatic heterocycles. The van der Waals surface area contributed by atoms with Crippen LogP contribution in [0.3, 0.4) is 0 Å². The molecule has 0 atom stereocenters. The van der Waals surface area contributed by atoms with Crippen LogP contribution >= 0.6 is 23.2 Å². The Bertz CT molecular complexity index is 1160. The van der Waals surface area contributed by atoms with Gasteiger partial charge in [0.05, 0.1) is 15.7 Å². The van der Waals surface area contributed by atoms with Gasteiger partial charge in [-0.3, -0.25) is 9.69 Å². The minimum Gasteiger partial charge on any atom is -0.455 e. The van der Waals surface area contributed by atoms with Gasteiger partial charge in [-0.25, -0.2) is 4.98 Å². The molecule has 5 rings (SSSR count). The van der Waals surface area contributed by atoms with E-state index >= 15 is 0 Å². The van der Waals surface area contributed by atoms with Gasteiger partial charge >= 0.3 is 0 Å². The van der Waals surface area contributed by atoms with Crippen LogP contribution in [-0.4, -0.2) is 22.6 Å². The number of halogens is 2. The van der Waals surface area contributed by atoms with Crippen LogP contribution in [0.25, 0.3) is 6.08 Å². The van der Waals surface area contributed by atoms with Crippen molar-refractivity contribution in [2.24, 2.45) is 0 Å². The van der Waals surface area contributed by atoms with E-state index in [9.17, 15) is 4.79 Å². The fourth-order valence-electron chi connectivity index (χ4n) is 3.38. The number of nitrogens with zero attached hydrogens (tertiary/aromatic N) is 3. The summed E-state index contributed by atoms with van der Waals surface area (Å²) in [5, 5.41) is 3.88. The van der Waals surface area contributed by atoms with Gasteiger partial charge in [0, 0.05) is 11.9 Å². The summed E-state index contributed by atoms with van der Waals surface area (Å²) in [6.45, 7) is -0.0463. The summed E-state index contributed by atoms with van der Waals surface area (Å²) >= 11 is 12.5. The SMILES string of the molecule is O=C1c2cnc(Nc3ccc4c(c3)C=CC4)nc2OCN1c1c(Cl)cccc1Cl. The van der Waals surface area contributed by atoms with Crippen LogP contribution < -0.4 is 15.0 Å². The molecular formula is C21H14Cl2N4O2. The Morgan fingerprint density at radius 1 is 1.14 bits per heavy atom. The van der Waals surface area contributed by atoms with Crippen molar-refractivity contribution in [1.82, 2.24) is 9.97 Å². The first-order valence-electron chi connectivity index (χ1n) is 8.92. The van der Waals surface area contributed by atoms with E-state index in [1.165, 1.54) is 22.2 Å². The molecule has 2 aromatic carbocycles. The normalized spacial score (nSPS) is 14.4. The van der Waals surface area contributed by atoms with E-state index in [4.69, 9.17) is 27.9 Å². The molecule has 0 spiro atoms. The highest BCUT2D eigenvalue weighted by atomic mass is 35.5. The van der Waals surface area contributed by atoms with Gasteiger partial charge in [0.15, 0.2) is 6.73 Å². The lowest BCUT2D eigenvalue weighted by atomic mass is 10.1. The number of allylic oxidation sites excluding steroid dienone is 1. The summed E-state index contributed by atoms with van der Waals surface area (Å²) in [5.74, 6) is 0.242. The predicted octanol–water partition coefficient (Wildman–Crippen LogP) is 5.09. The highest BCUT2D eigenvalue weighted by molar-refractivity contribution is 6.40. The zero-order valence-electron chi connectivity index (χ0n) is 15.0. The largest absolute Gasteiger partial charge is 0.455 e. The zero-order chi connectivity index (χ0) is 20.0. The van der Waals surface area contributed by atoms with Gasteiger partial charge in [0.25, 0.3) is 5.91 Å². The van der Waals surface area contributed by atoms with Crippen LogP contribution in [0.4, 0.5) is 17.3 Å². The van der Waals surface area contributed by atoms with Crippen LogP contribution in [0.1, 0.15) is 21.5 Å². The molecular weight excluding hydrogens is 411 g/mol. The number of fused-ring (bicyclic) bond motifs is 2. The minimum absolute atomic E-state index is 0.0463. The number of para-hydroxylation sites is 1. The number of hydrogen-bond acceptors (Lipinski definition) is 5. The van der Waals surface area contributed by atoms with Crippen molar-refractivity contribution < 1.29 is 9.53 Å². The van der Waals surface area contributed by atoms with Crippen molar-refractivity contribution in [3.8, 4) is 5.88 Å². The number of anilines is 3. The Morgan fingerprint density at radius 3 is 2.79 bits per heavy atom. The summed E-state index contributed by atoms with van der Waals surface area (Å²) in [5.41, 5.74) is 3.97. The minimum atomic E-state index is -0.324. The Hall–Kier alpha value is -3.09. The van der Waals surface area contributed by atoms with E-state index in [0.29, 0.717) is 21.7 Å². The van der Waals surface area contributed by atoms with E-state index in [0.717, 1.165) is 12.1 Å². The monoisotopic (exact) mass is 424 g/mol. The molecule has 0 saturated heterocycles. The van der Waals surface area contributed by atoms with Crippen molar-refractivity contribution in [3.05, 3.63) is 75.4 Å². The number of amides is 1. The molecule has 3 aromatic rings. The summed E-state index contributed by atoms with van der Waals surface area (Å²) in [6, 6.07) is 11.1. The predicted molar refractivity (Wildman–Crippen MR) is 113 cm³/mol. The van der Waals surface area contributed by atoms with Crippen molar-refractivity contribution >= 4 is 52.5 Å². The van der Waals surface area contributed by atoms with Crippen LogP contribution in [0.2, 0.25) is 10.0 Å². The lowest BCUT2D eigenvalue weighted by Crippen LogP contribution is -2.39. The Morgan fingerprint density at radius 2 is 1.97 bits per heavy atom. The van der Waals surface area contributed by atoms with Gasteiger partial charge in [-0.1, -0.05) is 47.5 Å². The molecule has 0 radical (unpaired) electrons. The van der Waals surface area contributed by atoms with Gasteiger partial charge < -0.3 is 10.1 Å². The average molecular weight is 425 g/mol. The fraction of sp³-hybridized carbons (Fsp3) is 0.0952. The maximum absolute atomic E-state index is 12.9. The molecule has 144 valence electrons. The van der Waals surface area contributed by atoms with Crippen molar-refractivity contribution in [2.45, 2.75) is 6.42 Å². The van der Waals surface area contributed by atoms with Gasteiger partial charge in [0.1, 0.15) is 5.56 Å². The number of nitrogens with one attached hydrogen (secondary N) is 1. The van der Waals surface area contributed by atoms with Crippen LogP contribution in [0.5, 0.6) is 5.88 Å². The summed E-state index contributed by atoms with van der Waals surface area (Å²) in [4.78, 5) is 22.9. The fourth-order valence-corrected chi connectivity index (χ4v) is 3.98. The number of aromatic nitrogens is 2. The van der Waals surface area contributed by atoms with Crippen LogP contribution in [-0.2, 0) is 6.42 Å². The van der Waals surface area contributed by atoms with E-state index in [1.54, 1.807) is 18.2 Å². The molecule has 1 N–H and O–H groups in total. The van der Waals surface area contributed by atoms with Crippen molar-refractivity contribution in [2.75, 3.05) is 16.9 Å². The highest BCUT2D eigenvalue weighted by Crippen LogP contribution is 2.37. The van der Waals surface area contributed by atoms with Crippen LogP contribution in [0.15, 0.2) is 48.7 Å². The van der Waals surface area contributed by atoms with E-state index in [-0.39, 0.29) is 24.1 Å². The van der Waals surface area contributed by atoms with Gasteiger partial charge in [0.2, 0.25) is 11.8 Å². The highest BCUT2D eigenvalue weighted by Gasteiger charge is 2.31. The Labute approximate surface area is 176 Å². The number of rotatable bonds is 3. The van der Waals surface area contributed by atoms with Crippen LogP contribution in [0, 0.1) is 0 Å². The lowest BCUT2D eigenvalue weighted by molar-refractivity contribution is 0.0932. The smallest absolute Gasteiger partial charge is 0.268 e. The van der Waals surface area contributed by atoms with Gasteiger partial charge in [-0.15, -0.1) is 0 Å². The quantitative estimate of drug-likeness (QED) is 0.633. The zero-order valence-corrected chi connectivity index (χ0v) is 16.5. The molecule has 0 bridgehead atoms. The summed E-state index contributed by atoms with van der Waals surface area (Å²) < 4.78 is 5.71. The molecule has 8 heteroatoms. The third-order valence-corrected chi connectivity index (χ3v) is 5.41. The topological polar surface area (TPSA) is 67.3 Å². The van der Waals surface area contributed by atoms with Crippen molar-refractivity contribution in [1.29, 1.82) is 0 Å². The first-order valence-corrected chi connectivity index (χ1v) is 9.68. The van der Waals surface area contributed by atoms with E-state index in [2.05, 4.69) is 33.5 Å². The molecule has 1 amide bonds. The van der Waals surface area contributed by atoms with Gasteiger partial charge in [-0.05, 0) is 41.8 Å². The lowest BCUT2D eigenvalue weighted by Gasteiger charge is -2.29. The molecule has 0 fully saturated rings. The summed E-state index contributed by atoms with van der Waals surface area (Å²) in [6.07, 6.45) is 6.61. The second-order valence-corrected chi connectivity index (χ2v) is 7.45.